The average molecular weight is 448 g/mol. The second kappa shape index (κ2) is 7.93. The minimum atomic E-state index is -5.31. The van der Waals surface area contributed by atoms with Crippen molar-refractivity contribution >= 4 is 11.8 Å². The van der Waals surface area contributed by atoms with Gasteiger partial charge in [0.1, 0.15) is 5.82 Å². The van der Waals surface area contributed by atoms with Crippen molar-refractivity contribution < 1.29 is 44.7 Å². The van der Waals surface area contributed by atoms with Crippen LogP contribution in [0.3, 0.4) is 0 Å². The molecular weight excluding hydrogens is 437 g/mol. The summed E-state index contributed by atoms with van der Waals surface area (Å²) >= 11 is 0. The number of anilines is 1. The van der Waals surface area contributed by atoms with E-state index in [-0.39, 0.29) is 11.8 Å². The minimum Gasteiger partial charge on any atom is -0.443 e. The third-order valence-corrected chi connectivity index (χ3v) is 4.10. The van der Waals surface area contributed by atoms with Crippen molar-refractivity contribution in [2.75, 3.05) is 11.9 Å². The van der Waals surface area contributed by atoms with Crippen LogP contribution in [0, 0.1) is 5.82 Å². The lowest BCUT2D eigenvalue weighted by Crippen LogP contribution is -2.30. The number of nitrogens with zero attached hydrogens (tertiary/aromatic N) is 2. The Balaban J connectivity index is 2.13. The molecule has 0 saturated heterocycles. The Morgan fingerprint density at radius 2 is 1.68 bits per heavy atom. The fourth-order valence-electron chi connectivity index (χ4n) is 2.57. The SMILES string of the molecule is CN(C(=O)Oc1c(-c2cnco2)cc(C(F)(F)F)cc1C(F)(F)F)c1ccc(F)cc1. The maximum atomic E-state index is 13.6. The first-order valence-electron chi connectivity index (χ1n) is 8.30. The Hall–Kier alpha value is -3.57. The quantitative estimate of drug-likeness (QED) is 0.451. The van der Waals surface area contributed by atoms with E-state index in [0.717, 1.165) is 48.8 Å². The van der Waals surface area contributed by atoms with E-state index in [9.17, 15) is 35.5 Å². The number of ether oxygens (including phenoxy) is 1. The number of benzene rings is 2. The van der Waals surface area contributed by atoms with Gasteiger partial charge in [-0.3, -0.25) is 4.90 Å². The molecule has 0 aliphatic heterocycles. The van der Waals surface area contributed by atoms with Gasteiger partial charge in [-0.15, -0.1) is 0 Å². The smallest absolute Gasteiger partial charge is 0.420 e. The first-order valence-corrected chi connectivity index (χ1v) is 8.30. The Kier molecular flexibility index (Phi) is 5.66. The third kappa shape index (κ3) is 4.78. The first kappa shape index (κ1) is 22.1. The molecule has 12 heteroatoms. The van der Waals surface area contributed by atoms with Crippen LogP contribution < -0.4 is 9.64 Å². The molecule has 0 saturated carbocycles. The molecular formula is C19H11F7N2O3. The predicted molar refractivity (Wildman–Crippen MR) is 92.8 cm³/mol. The van der Waals surface area contributed by atoms with Gasteiger partial charge in [-0.05, 0) is 36.4 Å². The van der Waals surface area contributed by atoms with E-state index in [1.807, 2.05) is 0 Å². The van der Waals surface area contributed by atoms with Gasteiger partial charge in [0.15, 0.2) is 17.9 Å². The maximum Gasteiger partial charge on any atom is 0.420 e. The fraction of sp³-hybridized carbons (Fsp3) is 0.158. The monoisotopic (exact) mass is 448 g/mol. The van der Waals surface area contributed by atoms with E-state index in [2.05, 4.69) is 4.98 Å². The first-order chi connectivity index (χ1) is 14.4. The predicted octanol–water partition coefficient (Wildman–Crippen LogP) is 6.15. The van der Waals surface area contributed by atoms with Gasteiger partial charge in [-0.2, -0.15) is 26.3 Å². The maximum absolute atomic E-state index is 13.6. The lowest BCUT2D eigenvalue weighted by Gasteiger charge is -2.21. The number of halogens is 7. The van der Waals surface area contributed by atoms with Gasteiger partial charge in [0.05, 0.1) is 22.9 Å². The summed E-state index contributed by atoms with van der Waals surface area (Å²) in [5.41, 5.74) is -4.18. The minimum absolute atomic E-state index is 0.0630. The molecule has 1 aromatic heterocycles. The molecule has 0 fully saturated rings. The lowest BCUT2D eigenvalue weighted by molar-refractivity contribution is -0.143. The third-order valence-electron chi connectivity index (χ3n) is 4.10. The van der Waals surface area contributed by atoms with Gasteiger partial charge < -0.3 is 9.15 Å². The number of carbonyl (C=O) groups excluding carboxylic acids is 1. The van der Waals surface area contributed by atoms with E-state index in [0.29, 0.717) is 6.07 Å². The summed E-state index contributed by atoms with van der Waals surface area (Å²) in [5, 5.41) is 0. The Morgan fingerprint density at radius 1 is 1.03 bits per heavy atom. The zero-order chi connectivity index (χ0) is 23.0. The second-order valence-electron chi connectivity index (χ2n) is 6.17. The van der Waals surface area contributed by atoms with Crippen LogP contribution in [-0.2, 0) is 12.4 Å². The van der Waals surface area contributed by atoms with Crippen LogP contribution in [0.2, 0.25) is 0 Å². The van der Waals surface area contributed by atoms with Gasteiger partial charge in [-0.25, -0.2) is 14.2 Å². The molecule has 1 amide bonds. The van der Waals surface area contributed by atoms with Gasteiger partial charge in [0.25, 0.3) is 0 Å². The molecule has 5 nitrogen and oxygen atoms in total. The molecule has 0 N–H and O–H groups in total. The van der Waals surface area contributed by atoms with Crippen LogP contribution >= 0.6 is 0 Å². The highest BCUT2D eigenvalue weighted by molar-refractivity contribution is 5.90. The number of hydrogen-bond donors (Lipinski definition) is 0. The molecule has 0 atom stereocenters. The normalized spacial score (nSPS) is 12.0. The number of rotatable bonds is 3. The van der Waals surface area contributed by atoms with Crippen molar-refractivity contribution in [3.8, 4) is 17.1 Å². The van der Waals surface area contributed by atoms with E-state index in [4.69, 9.17) is 9.15 Å². The van der Waals surface area contributed by atoms with Crippen LogP contribution in [0.4, 0.5) is 41.2 Å². The number of aromatic nitrogens is 1. The molecule has 0 aliphatic rings. The number of amides is 1. The van der Waals surface area contributed by atoms with E-state index in [1.165, 1.54) is 0 Å². The van der Waals surface area contributed by atoms with Crippen molar-refractivity contribution in [2.45, 2.75) is 12.4 Å². The number of hydrogen-bond acceptors (Lipinski definition) is 4. The number of oxazole rings is 1. The summed E-state index contributed by atoms with van der Waals surface area (Å²) in [6, 6.07) is 4.50. The van der Waals surface area contributed by atoms with Crippen LogP contribution in [0.15, 0.2) is 53.4 Å². The zero-order valence-corrected chi connectivity index (χ0v) is 15.4. The number of carbonyl (C=O) groups is 1. The Morgan fingerprint density at radius 3 is 2.19 bits per heavy atom. The van der Waals surface area contributed by atoms with Crippen molar-refractivity contribution in [1.29, 1.82) is 0 Å². The summed E-state index contributed by atoms with van der Waals surface area (Å²) < 4.78 is 103. The van der Waals surface area contributed by atoms with Crippen molar-refractivity contribution in [2.24, 2.45) is 0 Å². The molecule has 0 radical (unpaired) electrons. The summed E-state index contributed by atoms with van der Waals surface area (Å²) in [5.74, 6) is -2.31. The zero-order valence-electron chi connectivity index (χ0n) is 15.4. The Bertz CT molecular complexity index is 1080. The molecule has 2 aromatic carbocycles. The summed E-state index contributed by atoms with van der Waals surface area (Å²) in [7, 11) is 1.13. The van der Waals surface area contributed by atoms with Gasteiger partial charge in [0.2, 0.25) is 0 Å². The average Bonchev–Trinajstić information content (AvgIpc) is 3.21. The van der Waals surface area contributed by atoms with Crippen LogP contribution in [0.5, 0.6) is 5.75 Å². The van der Waals surface area contributed by atoms with E-state index >= 15 is 0 Å². The number of alkyl halides is 6. The molecule has 31 heavy (non-hydrogen) atoms. The molecule has 0 bridgehead atoms. The van der Waals surface area contributed by atoms with Crippen LogP contribution in [0.1, 0.15) is 11.1 Å². The van der Waals surface area contributed by atoms with E-state index in [1.54, 1.807) is 0 Å². The van der Waals surface area contributed by atoms with Crippen LogP contribution in [-0.4, -0.2) is 18.1 Å². The van der Waals surface area contributed by atoms with Gasteiger partial charge in [-0.1, -0.05) is 0 Å². The summed E-state index contributed by atoms with van der Waals surface area (Å²) in [6.07, 6.45) is -10.1. The molecule has 3 aromatic rings. The van der Waals surface area contributed by atoms with Crippen molar-refractivity contribution in [3.05, 3.63) is 65.9 Å². The lowest BCUT2D eigenvalue weighted by atomic mass is 10.0. The summed E-state index contributed by atoms with van der Waals surface area (Å²) in [4.78, 5) is 16.7. The highest BCUT2D eigenvalue weighted by Gasteiger charge is 2.42. The highest BCUT2D eigenvalue weighted by atomic mass is 19.4. The van der Waals surface area contributed by atoms with Crippen LogP contribution in [0.25, 0.3) is 11.3 Å². The van der Waals surface area contributed by atoms with Gasteiger partial charge in [0, 0.05) is 12.7 Å². The molecule has 3 rings (SSSR count). The highest BCUT2D eigenvalue weighted by Crippen LogP contribution is 2.46. The van der Waals surface area contributed by atoms with Crippen molar-refractivity contribution in [3.63, 3.8) is 0 Å². The second-order valence-corrected chi connectivity index (χ2v) is 6.17. The van der Waals surface area contributed by atoms with E-state index < -0.39 is 52.5 Å². The summed E-state index contributed by atoms with van der Waals surface area (Å²) in [6.45, 7) is 0. The van der Waals surface area contributed by atoms with Crippen molar-refractivity contribution in [1.82, 2.24) is 4.98 Å². The Labute approximate surface area is 169 Å². The largest absolute Gasteiger partial charge is 0.443 e. The molecule has 0 unspecified atom stereocenters. The standard InChI is InChI=1S/C19H11F7N2O3/c1-28(12-4-2-11(20)3-5-12)17(29)31-16-13(15-8-27-9-30-15)6-10(18(21,22)23)7-14(16)19(24,25)26/h2-9H,1H3. The van der Waals surface area contributed by atoms with Gasteiger partial charge >= 0.3 is 18.4 Å². The molecule has 164 valence electrons. The fourth-order valence-corrected chi connectivity index (χ4v) is 2.57. The molecule has 0 spiro atoms. The molecule has 1 heterocycles. The molecule has 0 aliphatic carbocycles. The topological polar surface area (TPSA) is 55.6 Å².